The highest BCUT2D eigenvalue weighted by atomic mass is 127. The smallest absolute Gasteiger partial charge is 0.147 e. The first kappa shape index (κ1) is 35.1. The topological polar surface area (TPSA) is 29.5 Å². The average molecular weight is 759 g/mol. The highest BCUT2D eigenvalue weighted by molar-refractivity contribution is 14.1. The molecule has 0 bridgehead atoms. The summed E-state index contributed by atoms with van der Waals surface area (Å²) >= 11 is 2.45. The fourth-order valence-electron chi connectivity index (χ4n) is 7.47. The summed E-state index contributed by atoms with van der Waals surface area (Å²) in [5, 5.41) is 14.6. The van der Waals surface area contributed by atoms with E-state index in [9.17, 15) is 5.11 Å². The molecule has 3 heteroatoms. The van der Waals surface area contributed by atoms with E-state index in [2.05, 4.69) is 133 Å². The fourth-order valence-corrected chi connectivity index (χ4v) is 8.08. The Morgan fingerprint density at radius 1 is 0.612 bits per heavy atom. The van der Waals surface area contributed by atoms with Gasteiger partial charge >= 0.3 is 0 Å². The van der Waals surface area contributed by atoms with Gasteiger partial charge in [-0.15, -0.1) is 0 Å². The highest BCUT2D eigenvalue weighted by Gasteiger charge is 2.42. The number of hydrogen-bond acceptors (Lipinski definition) is 2. The zero-order chi connectivity index (χ0) is 34.4. The van der Waals surface area contributed by atoms with E-state index in [0.717, 1.165) is 66.1 Å². The van der Waals surface area contributed by atoms with Crippen molar-refractivity contribution in [3.63, 3.8) is 0 Å². The zero-order valence-corrected chi connectivity index (χ0v) is 31.5. The Bertz CT molecular complexity index is 2020. The Morgan fingerprint density at radius 2 is 1.12 bits per heavy atom. The van der Waals surface area contributed by atoms with Crippen molar-refractivity contribution in [3.05, 3.63) is 116 Å². The van der Waals surface area contributed by atoms with Crippen LogP contribution in [0.3, 0.4) is 0 Å². The molecule has 0 saturated carbocycles. The first-order valence-electron chi connectivity index (χ1n) is 18.1. The van der Waals surface area contributed by atoms with Crippen LogP contribution in [0.5, 0.6) is 11.5 Å². The predicted molar refractivity (Wildman–Crippen MR) is 215 cm³/mol. The Balaban J connectivity index is 1.54. The van der Waals surface area contributed by atoms with Crippen LogP contribution < -0.4 is 4.74 Å². The third-order valence-corrected chi connectivity index (χ3v) is 10.7. The number of unbranched alkanes of at least 4 members (excludes halogenated alkanes) is 6. The Morgan fingerprint density at radius 3 is 1.65 bits per heavy atom. The van der Waals surface area contributed by atoms with Crippen molar-refractivity contribution in [3.8, 4) is 35.2 Å². The Kier molecular flexibility index (Phi) is 11.0. The van der Waals surface area contributed by atoms with Gasteiger partial charge < -0.3 is 9.84 Å². The summed E-state index contributed by atoms with van der Waals surface area (Å²) in [6, 6.07) is 30.0. The lowest BCUT2D eigenvalue weighted by atomic mass is 9.66. The number of ether oxygens (including phenoxy) is 1. The second-order valence-electron chi connectivity index (χ2n) is 14.0. The summed E-state index contributed by atoms with van der Waals surface area (Å²) in [5.74, 6) is 15.6. The minimum atomic E-state index is -1.09. The molecule has 0 atom stereocenters. The normalized spacial score (nSPS) is 13.1. The van der Waals surface area contributed by atoms with Crippen LogP contribution in [0.15, 0.2) is 84.9 Å². The van der Waals surface area contributed by atoms with Crippen molar-refractivity contribution in [2.45, 2.75) is 103 Å². The molecule has 49 heavy (non-hydrogen) atoms. The molecule has 5 aromatic carbocycles. The number of benzene rings is 5. The fraction of sp³-hybridized carbons (Fsp3) is 0.348. The van der Waals surface area contributed by atoms with Crippen molar-refractivity contribution in [1.29, 1.82) is 0 Å². The molecule has 0 radical (unpaired) electrons. The molecule has 6 rings (SSSR count). The van der Waals surface area contributed by atoms with Gasteiger partial charge in [-0.05, 0) is 83.0 Å². The summed E-state index contributed by atoms with van der Waals surface area (Å²) in [5.41, 5.74) is 4.25. The van der Waals surface area contributed by atoms with Gasteiger partial charge in [-0.1, -0.05) is 162 Å². The van der Waals surface area contributed by atoms with E-state index >= 15 is 0 Å². The maximum absolute atomic E-state index is 10.4. The minimum absolute atomic E-state index is 0.108. The van der Waals surface area contributed by atoms with E-state index in [1.165, 1.54) is 62.5 Å². The molecule has 0 amide bonds. The van der Waals surface area contributed by atoms with Crippen molar-refractivity contribution < 1.29 is 9.84 Å². The molecule has 1 N–H and O–H groups in total. The SMILES string of the molecule is CCCCCCC1(CCCCCC)c2cccc(I)c2Oc2c(C#Cc3c4ccccc4c(C#CC(C)(C)O)c4ccccc34)cccc21. The number of halogens is 1. The van der Waals surface area contributed by atoms with Gasteiger partial charge in [0.2, 0.25) is 0 Å². The van der Waals surface area contributed by atoms with E-state index in [1.54, 1.807) is 13.8 Å². The molecular weight excluding hydrogens is 711 g/mol. The molecule has 1 aliphatic rings. The number of para-hydroxylation sites is 2. The quantitative estimate of drug-likeness (QED) is 0.0665. The van der Waals surface area contributed by atoms with Gasteiger partial charge in [0.1, 0.15) is 17.1 Å². The Hall–Kier alpha value is -3.77. The molecule has 0 fully saturated rings. The average Bonchev–Trinajstić information content (AvgIpc) is 3.10. The lowest BCUT2D eigenvalue weighted by molar-refractivity contribution is 0.143. The first-order valence-corrected chi connectivity index (χ1v) is 19.2. The number of aliphatic hydroxyl groups is 1. The van der Waals surface area contributed by atoms with Gasteiger partial charge in [-0.2, -0.15) is 0 Å². The maximum atomic E-state index is 10.4. The van der Waals surface area contributed by atoms with Gasteiger partial charge in [0.25, 0.3) is 0 Å². The standard InChI is InChI=1S/C46H47IO2/c1-5-7-9-15-30-46(31-16-10-8-6-2)40-24-17-19-33(43(40)49-44-41(46)25-18-26-42(44)47)27-28-38-34-20-11-13-22-36(34)39(29-32-45(3,4)48)37-23-14-12-21-35(37)38/h11-14,17-26,48H,5-10,15-16,30-31H2,1-4H3. The van der Waals surface area contributed by atoms with Gasteiger partial charge in [0.15, 0.2) is 0 Å². The van der Waals surface area contributed by atoms with E-state index in [4.69, 9.17) is 4.74 Å². The Labute approximate surface area is 306 Å². The summed E-state index contributed by atoms with van der Waals surface area (Å²) in [7, 11) is 0. The predicted octanol–water partition coefficient (Wildman–Crippen LogP) is 12.5. The highest BCUT2D eigenvalue weighted by Crippen LogP contribution is 2.55. The molecule has 2 nitrogen and oxygen atoms in total. The number of fused-ring (bicyclic) bond motifs is 4. The molecule has 0 spiro atoms. The van der Waals surface area contributed by atoms with E-state index in [0.29, 0.717) is 0 Å². The van der Waals surface area contributed by atoms with Crippen LogP contribution in [0, 0.1) is 27.3 Å². The van der Waals surface area contributed by atoms with Gasteiger partial charge in [-0.25, -0.2) is 0 Å². The van der Waals surface area contributed by atoms with Gasteiger partial charge in [0, 0.05) is 27.7 Å². The molecule has 0 aromatic heterocycles. The molecule has 1 heterocycles. The van der Waals surface area contributed by atoms with E-state index in [-0.39, 0.29) is 5.41 Å². The van der Waals surface area contributed by atoms with Crippen LogP contribution in [-0.4, -0.2) is 10.7 Å². The van der Waals surface area contributed by atoms with Crippen LogP contribution in [-0.2, 0) is 5.41 Å². The van der Waals surface area contributed by atoms with Crippen LogP contribution in [0.1, 0.15) is 120 Å². The van der Waals surface area contributed by atoms with Crippen molar-refractivity contribution >= 4 is 44.1 Å². The molecule has 5 aromatic rings. The van der Waals surface area contributed by atoms with E-state index < -0.39 is 5.60 Å². The van der Waals surface area contributed by atoms with Crippen LogP contribution in [0.4, 0.5) is 0 Å². The van der Waals surface area contributed by atoms with Crippen molar-refractivity contribution in [2.24, 2.45) is 0 Å². The monoisotopic (exact) mass is 758 g/mol. The molecule has 0 aliphatic carbocycles. The lowest BCUT2D eigenvalue weighted by Gasteiger charge is -2.41. The largest absolute Gasteiger partial charge is 0.454 e. The number of hydrogen-bond donors (Lipinski definition) is 1. The third-order valence-electron chi connectivity index (χ3n) is 9.88. The summed E-state index contributed by atoms with van der Waals surface area (Å²) in [6.45, 7) is 8.01. The van der Waals surface area contributed by atoms with Crippen molar-refractivity contribution in [1.82, 2.24) is 0 Å². The third kappa shape index (κ3) is 7.40. The molecule has 0 saturated heterocycles. The van der Waals surface area contributed by atoms with Gasteiger partial charge in [0.05, 0.1) is 9.13 Å². The van der Waals surface area contributed by atoms with Crippen molar-refractivity contribution in [2.75, 3.05) is 0 Å². The lowest BCUT2D eigenvalue weighted by Crippen LogP contribution is -2.32. The molecular formula is C46H47IO2. The summed E-state index contributed by atoms with van der Waals surface area (Å²) < 4.78 is 8.09. The zero-order valence-electron chi connectivity index (χ0n) is 29.4. The van der Waals surface area contributed by atoms with Gasteiger partial charge in [-0.3, -0.25) is 0 Å². The maximum Gasteiger partial charge on any atom is 0.147 e. The number of rotatable bonds is 10. The van der Waals surface area contributed by atoms with Crippen LogP contribution in [0.25, 0.3) is 21.5 Å². The second-order valence-corrected chi connectivity index (χ2v) is 15.2. The minimum Gasteiger partial charge on any atom is -0.454 e. The second kappa shape index (κ2) is 15.4. The molecule has 250 valence electrons. The first-order chi connectivity index (χ1) is 23.8. The summed E-state index contributed by atoms with van der Waals surface area (Å²) in [4.78, 5) is 0. The van der Waals surface area contributed by atoms with E-state index in [1.807, 2.05) is 12.1 Å². The summed E-state index contributed by atoms with van der Waals surface area (Å²) in [6.07, 6.45) is 12.1. The molecule has 0 unspecified atom stereocenters. The van der Waals surface area contributed by atoms with Crippen LogP contribution >= 0.6 is 22.6 Å². The molecule has 1 aliphatic heterocycles. The van der Waals surface area contributed by atoms with Crippen LogP contribution in [0.2, 0.25) is 0 Å².